The number of hydrogen-bond donors (Lipinski definition) is 1. The SMILES string of the molecule is CN=C(NCCc1nc(C(F)(F)F)cs1)N(C)Cc1cnn(-c2ccccc2)c1.I. The second-order valence-electron chi connectivity index (χ2n) is 6.33. The number of para-hydroxylation sites is 1. The number of hydrogen-bond acceptors (Lipinski definition) is 4. The average Bonchev–Trinajstić information content (AvgIpc) is 3.35. The fraction of sp³-hybridized carbons (Fsp3) is 0.316. The Balaban J connectivity index is 0.00000320. The molecule has 0 amide bonds. The van der Waals surface area contributed by atoms with Gasteiger partial charge in [0.15, 0.2) is 11.7 Å². The minimum atomic E-state index is -4.40. The first-order valence-electron chi connectivity index (χ1n) is 8.89. The van der Waals surface area contributed by atoms with E-state index >= 15 is 0 Å². The molecule has 0 bridgehead atoms. The minimum absolute atomic E-state index is 0. The molecular formula is C19H22F3IN6S. The normalized spacial score (nSPS) is 11.8. The zero-order chi connectivity index (χ0) is 20.9. The van der Waals surface area contributed by atoms with Crippen molar-refractivity contribution < 1.29 is 13.2 Å². The molecule has 0 saturated heterocycles. The lowest BCUT2D eigenvalue weighted by atomic mass is 10.3. The second-order valence-corrected chi connectivity index (χ2v) is 7.28. The molecule has 1 N–H and O–H groups in total. The summed E-state index contributed by atoms with van der Waals surface area (Å²) in [5, 5.41) is 9.02. The van der Waals surface area contributed by atoms with Crippen LogP contribution in [0.1, 0.15) is 16.3 Å². The predicted octanol–water partition coefficient (Wildman–Crippen LogP) is 4.22. The van der Waals surface area contributed by atoms with Crippen molar-refractivity contribution in [1.82, 2.24) is 25.0 Å². The van der Waals surface area contributed by atoms with Gasteiger partial charge in [-0.3, -0.25) is 4.99 Å². The zero-order valence-electron chi connectivity index (χ0n) is 16.4. The molecule has 0 aliphatic carbocycles. The van der Waals surface area contributed by atoms with Crippen LogP contribution in [0.25, 0.3) is 5.69 Å². The van der Waals surface area contributed by atoms with Gasteiger partial charge in [0, 0.05) is 50.7 Å². The van der Waals surface area contributed by atoms with E-state index < -0.39 is 11.9 Å². The molecule has 0 aliphatic heterocycles. The van der Waals surface area contributed by atoms with E-state index in [-0.39, 0.29) is 24.0 Å². The third-order valence-electron chi connectivity index (χ3n) is 4.11. The fourth-order valence-electron chi connectivity index (χ4n) is 2.73. The molecule has 11 heteroatoms. The molecular weight excluding hydrogens is 528 g/mol. The van der Waals surface area contributed by atoms with E-state index in [1.807, 2.05) is 48.5 Å². The van der Waals surface area contributed by atoms with Gasteiger partial charge in [0.2, 0.25) is 0 Å². The van der Waals surface area contributed by atoms with E-state index in [0.29, 0.717) is 30.5 Å². The first-order chi connectivity index (χ1) is 13.9. The van der Waals surface area contributed by atoms with Gasteiger partial charge in [-0.1, -0.05) is 18.2 Å². The van der Waals surface area contributed by atoms with Crippen LogP contribution in [0.15, 0.2) is 53.1 Å². The molecule has 0 aliphatic rings. The molecule has 3 rings (SSSR count). The van der Waals surface area contributed by atoms with Crippen LogP contribution in [0.2, 0.25) is 0 Å². The Morgan fingerprint density at radius 1 is 1.27 bits per heavy atom. The first kappa shape index (κ1) is 24.1. The fourth-order valence-corrected chi connectivity index (χ4v) is 3.54. The van der Waals surface area contributed by atoms with Crippen LogP contribution in [-0.4, -0.2) is 46.3 Å². The van der Waals surface area contributed by atoms with E-state index in [0.717, 1.165) is 28.0 Å². The number of guanidine groups is 1. The lowest BCUT2D eigenvalue weighted by molar-refractivity contribution is -0.140. The monoisotopic (exact) mass is 550 g/mol. The van der Waals surface area contributed by atoms with Crippen molar-refractivity contribution in [3.8, 4) is 5.69 Å². The summed E-state index contributed by atoms with van der Waals surface area (Å²) in [5.74, 6) is 0.644. The van der Waals surface area contributed by atoms with Crippen LogP contribution in [0.4, 0.5) is 13.2 Å². The average molecular weight is 550 g/mol. The maximum atomic E-state index is 12.6. The Bertz CT molecular complexity index is 955. The number of aliphatic imine (C=N–C) groups is 1. The molecule has 0 radical (unpaired) electrons. The first-order valence-corrected chi connectivity index (χ1v) is 9.77. The van der Waals surface area contributed by atoms with E-state index in [9.17, 15) is 13.2 Å². The predicted molar refractivity (Wildman–Crippen MR) is 123 cm³/mol. The van der Waals surface area contributed by atoms with Gasteiger partial charge >= 0.3 is 6.18 Å². The van der Waals surface area contributed by atoms with Gasteiger partial charge in [-0.05, 0) is 12.1 Å². The molecule has 30 heavy (non-hydrogen) atoms. The van der Waals surface area contributed by atoms with Crippen LogP contribution >= 0.6 is 35.3 Å². The van der Waals surface area contributed by atoms with Crippen molar-refractivity contribution in [1.29, 1.82) is 0 Å². The van der Waals surface area contributed by atoms with Gasteiger partial charge in [0.25, 0.3) is 0 Å². The van der Waals surface area contributed by atoms with Crippen LogP contribution in [0.5, 0.6) is 0 Å². The summed E-state index contributed by atoms with van der Waals surface area (Å²) in [6, 6.07) is 9.81. The van der Waals surface area contributed by atoms with Crippen molar-refractivity contribution in [3.63, 3.8) is 0 Å². The number of benzene rings is 1. The Kier molecular flexibility index (Phi) is 8.65. The topological polar surface area (TPSA) is 58.3 Å². The van der Waals surface area contributed by atoms with E-state index in [4.69, 9.17) is 0 Å². The van der Waals surface area contributed by atoms with Crippen molar-refractivity contribution in [2.45, 2.75) is 19.1 Å². The Hall–Kier alpha value is -2.15. The molecule has 0 atom stereocenters. The highest BCUT2D eigenvalue weighted by atomic mass is 127. The number of nitrogens with zero attached hydrogens (tertiary/aromatic N) is 5. The molecule has 3 aromatic rings. The number of halogens is 4. The Morgan fingerprint density at radius 3 is 2.63 bits per heavy atom. The number of nitrogens with one attached hydrogen (secondary N) is 1. The van der Waals surface area contributed by atoms with Crippen LogP contribution in [0, 0.1) is 0 Å². The number of thiazole rings is 1. The summed E-state index contributed by atoms with van der Waals surface area (Å²) in [6.45, 7) is 1.02. The van der Waals surface area contributed by atoms with Gasteiger partial charge < -0.3 is 10.2 Å². The lowest BCUT2D eigenvalue weighted by Gasteiger charge is -2.21. The molecule has 0 fully saturated rings. The summed E-state index contributed by atoms with van der Waals surface area (Å²) in [6.07, 6.45) is -0.263. The van der Waals surface area contributed by atoms with Crippen molar-refractivity contribution in [3.05, 3.63) is 64.4 Å². The third kappa shape index (κ3) is 6.42. The minimum Gasteiger partial charge on any atom is -0.356 e. The van der Waals surface area contributed by atoms with Gasteiger partial charge in [-0.2, -0.15) is 18.3 Å². The van der Waals surface area contributed by atoms with Crippen molar-refractivity contribution in [2.24, 2.45) is 4.99 Å². The molecule has 6 nitrogen and oxygen atoms in total. The van der Waals surface area contributed by atoms with Crippen molar-refractivity contribution in [2.75, 3.05) is 20.6 Å². The molecule has 2 aromatic heterocycles. The zero-order valence-corrected chi connectivity index (χ0v) is 19.6. The number of aromatic nitrogens is 3. The van der Waals surface area contributed by atoms with Gasteiger partial charge in [-0.15, -0.1) is 35.3 Å². The summed E-state index contributed by atoms with van der Waals surface area (Å²) in [5.41, 5.74) is 1.15. The Labute approximate surface area is 193 Å². The number of alkyl halides is 3. The second kappa shape index (κ2) is 10.8. The smallest absolute Gasteiger partial charge is 0.356 e. The van der Waals surface area contributed by atoms with Gasteiger partial charge in [0.05, 0.1) is 16.9 Å². The largest absolute Gasteiger partial charge is 0.434 e. The summed E-state index contributed by atoms with van der Waals surface area (Å²) in [7, 11) is 3.55. The van der Waals surface area contributed by atoms with Gasteiger partial charge in [-0.25, -0.2) is 9.67 Å². The summed E-state index contributed by atoms with van der Waals surface area (Å²) < 4.78 is 39.7. The van der Waals surface area contributed by atoms with E-state index in [1.54, 1.807) is 17.9 Å². The molecule has 1 aromatic carbocycles. The van der Waals surface area contributed by atoms with Crippen LogP contribution in [-0.2, 0) is 19.1 Å². The van der Waals surface area contributed by atoms with E-state index in [1.165, 1.54) is 0 Å². The molecule has 0 unspecified atom stereocenters. The quantitative estimate of drug-likeness (QED) is 0.284. The highest BCUT2D eigenvalue weighted by Gasteiger charge is 2.33. The standard InChI is InChI=1S/C19H21F3N6S.HI/c1-23-18(24-9-8-17-26-16(13-29-17)19(20,21)22)27(2)11-14-10-25-28(12-14)15-6-4-3-5-7-15;/h3-7,10,12-13H,8-9,11H2,1-2H3,(H,23,24);1H. The maximum absolute atomic E-state index is 12.6. The molecule has 2 heterocycles. The molecule has 0 spiro atoms. The maximum Gasteiger partial charge on any atom is 0.434 e. The highest BCUT2D eigenvalue weighted by Crippen LogP contribution is 2.30. The molecule has 162 valence electrons. The highest BCUT2D eigenvalue weighted by molar-refractivity contribution is 14.0. The summed E-state index contributed by atoms with van der Waals surface area (Å²) >= 11 is 1.01. The van der Waals surface area contributed by atoms with E-state index in [2.05, 4.69) is 20.4 Å². The van der Waals surface area contributed by atoms with Gasteiger partial charge in [0.1, 0.15) is 0 Å². The third-order valence-corrected chi connectivity index (χ3v) is 5.02. The van der Waals surface area contributed by atoms with Crippen LogP contribution in [0.3, 0.4) is 0 Å². The van der Waals surface area contributed by atoms with Crippen molar-refractivity contribution >= 4 is 41.3 Å². The van der Waals surface area contributed by atoms with Crippen LogP contribution < -0.4 is 5.32 Å². The lowest BCUT2D eigenvalue weighted by Crippen LogP contribution is -2.39. The Morgan fingerprint density at radius 2 is 2.00 bits per heavy atom. The summed E-state index contributed by atoms with van der Waals surface area (Å²) in [4.78, 5) is 9.80. The number of rotatable bonds is 6. The molecule has 0 saturated carbocycles.